The Labute approximate surface area is 205 Å². The van der Waals surface area contributed by atoms with Crippen molar-refractivity contribution in [2.45, 2.75) is 38.1 Å². The molecule has 0 radical (unpaired) electrons. The van der Waals surface area contributed by atoms with Crippen LogP contribution in [-0.2, 0) is 4.74 Å². The van der Waals surface area contributed by atoms with Gasteiger partial charge in [0.15, 0.2) is 0 Å². The van der Waals surface area contributed by atoms with E-state index in [-0.39, 0.29) is 5.97 Å². The third kappa shape index (κ3) is 4.38. The van der Waals surface area contributed by atoms with Crippen LogP contribution in [0.1, 0.15) is 48.5 Å². The Balaban J connectivity index is 1.62. The predicted octanol–water partition coefficient (Wildman–Crippen LogP) is 4.87. The number of aromatic nitrogens is 4. The number of aromatic amines is 1. The predicted molar refractivity (Wildman–Crippen MR) is 140 cm³/mol. The molecule has 8 heteroatoms. The fraction of sp³-hybridized carbons (Fsp3) is 0.444. The minimum atomic E-state index is -0.376. The van der Waals surface area contributed by atoms with Gasteiger partial charge in [0.2, 0.25) is 0 Å². The Morgan fingerprint density at radius 2 is 1.91 bits per heavy atom. The second kappa shape index (κ2) is 9.70. The van der Waals surface area contributed by atoms with Gasteiger partial charge < -0.3 is 24.1 Å². The van der Waals surface area contributed by atoms with Crippen LogP contribution in [0.3, 0.4) is 0 Å². The second-order valence-electron chi connectivity index (χ2n) is 9.81. The first kappa shape index (κ1) is 23.4. The van der Waals surface area contributed by atoms with E-state index in [0.717, 1.165) is 40.9 Å². The van der Waals surface area contributed by atoms with Gasteiger partial charge in [-0.15, -0.1) is 0 Å². The quantitative estimate of drug-likeness (QED) is 0.385. The zero-order valence-electron chi connectivity index (χ0n) is 21.0. The van der Waals surface area contributed by atoms with Gasteiger partial charge in [0.25, 0.3) is 0 Å². The summed E-state index contributed by atoms with van der Waals surface area (Å²) in [4.78, 5) is 29.6. The van der Waals surface area contributed by atoms with Crippen LogP contribution in [0.4, 0.5) is 5.69 Å². The highest BCUT2D eigenvalue weighted by Crippen LogP contribution is 2.38. The maximum absolute atomic E-state index is 12.8. The summed E-state index contributed by atoms with van der Waals surface area (Å²) in [7, 11) is 7.51. The molecule has 0 saturated heterocycles. The normalized spacial score (nSPS) is 14.8. The van der Waals surface area contributed by atoms with Crippen LogP contribution in [-0.4, -0.2) is 71.7 Å². The molecule has 0 amide bonds. The SMILES string of the molecule is COC(=O)c1c(N(C)CCN(C)C)cc(-c2ccc3c(c2)ncn3C2CCCCC2)c2nc[nH]c12. The summed E-state index contributed by atoms with van der Waals surface area (Å²) >= 11 is 0. The van der Waals surface area contributed by atoms with Gasteiger partial charge in [0.05, 0.1) is 47.5 Å². The molecule has 0 aliphatic heterocycles. The number of anilines is 1. The highest BCUT2D eigenvalue weighted by atomic mass is 16.5. The van der Waals surface area contributed by atoms with Gasteiger partial charge in [-0.1, -0.05) is 25.3 Å². The number of hydrogen-bond donors (Lipinski definition) is 1. The molecular weight excluding hydrogens is 440 g/mol. The van der Waals surface area contributed by atoms with Crippen LogP contribution in [0.25, 0.3) is 33.2 Å². The summed E-state index contributed by atoms with van der Waals surface area (Å²) < 4.78 is 7.51. The number of hydrogen-bond acceptors (Lipinski definition) is 6. The molecule has 2 heterocycles. The Kier molecular flexibility index (Phi) is 6.47. The number of nitrogens with one attached hydrogen (secondary N) is 1. The summed E-state index contributed by atoms with van der Waals surface area (Å²) in [6.45, 7) is 1.62. The summed E-state index contributed by atoms with van der Waals surface area (Å²) in [6.07, 6.45) is 9.99. The number of imidazole rings is 2. The van der Waals surface area contributed by atoms with Crippen molar-refractivity contribution >= 4 is 33.7 Å². The molecule has 5 rings (SSSR count). The lowest BCUT2D eigenvalue weighted by Gasteiger charge is -2.25. The fourth-order valence-electron chi connectivity index (χ4n) is 5.24. The monoisotopic (exact) mass is 474 g/mol. The summed E-state index contributed by atoms with van der Waals surface area (Å²) in [6, 6.07) is 9.06. The number of nitrogens with zero attached hydrogens (tertiary/aromatic N) is 5. The fourth-order valence-corrected chi connectivity index (χ4v) is 5.24. The molecule has 1 fully saturated rings. The van der Waals surface area contributed by atoms with Crippen molar-refractivity contribution < 1.29 is 9.53 Å². The van der Waals surface area contributed by atoms with Crippen molar-refractivity contribution in [3.05, 3.63) is 42.5 Å². The van der Waals surface area contributed by atoms with E-state index in [4.69, 9.17) is 9.72 Å². The first-order valence-corrected chi connectivity index (χ1v) is 12.4. The van der Waals surface area contributed by atoms with Gasteiger partial charge in [-0.05, 0) is 50.7 Å². The summed E-state index contributed by atoms with van der Waals surface area (Å²) in [5.74, 6) is -0.376. The van der Waals surface area contributed by atoms with Crippen molar-refractivity contribution in [2.24, 2.45) is 0 Å². The maximum Gasteiger partial charge on any atom is 0.342 e. The first-order valence-electron chi connectivity index (χ1n) is 12.4. The molecule has 0 atom stereocenters. The largest absolute Gasteiger partial charge is 0.465 e. The van der Waals surface area contributed by atoms with Gasteiger partial charge in [-0.25, -0.2) is 14.8 Å². The number of benzene rings is 2. The average molecular weight is 475 g/mol. The molecule has 2 aromatic heterocycles. The average Bonchev–Trinajstić information content (AvgIpc) is 3.53. The number of esters is 1. The summed E-state index contributed by atoms with van der Waals surface area (Å²) in [5, 5.41) is 0. The topological polar surface area (TPSA) is 79.3 Å². The van der Waals surface area contributed by atoms with Crippen LogP contribution in [0.2, 0.25) is 0 Å². The molecule has 0 bridgehead atoms. The van der Waals surface area contributed by atoms with E-state index in [9.17, 15) is 4.79 Å². The number of carbonyl (C=O) groups is 1. The van der Waals surface area contributed by atoms with Crippen molar-refractivity contribution in [1.29, 1.82) is 0 Å². The molecule has 0 unspecified atom stereocenters. The first-order chi connectivity index (χ1) is 17.0. The van der Waals surface area contributed by atoms with E-state index < -0.39 is 0 Å². The number of fused-ring (bicyclic) bond motifs is 2. The van der Waals surface area contributed by atoms with E-state index >= 15 is 0 Å². The van der Waals surface area contributed by atoms with Gasteiger partial charge in [0.1, 0.15) is 5.56 Å². The molecule has 8 nitrogen and oxygen atoms in total. The van der Waals surface area contributed by atoms with E-state index in [1.807, 2.05) is 27.5 Å². The Morgan fingerprint density at radius 3 is 2.66 bits per heavy atom. The highest BCUT2D eigenvalue weighted by molar-refractivity contribution is 6.11. The number of rotatable bonds is 7. The minimum absolute atomic E-state index is 0.376. The van der Waals surface area contributed by atoms with E-state index in [0.29, 0.717) is 17.1 Å². The molecule has 4 aromatic rings. The third-order valence-electron chi connectivity index (χ3n) is 7.22. The molecule has 1 N–H and O–H groups in total. The van der Waals surface area contributed by atoms with E-state index in [1.54, 1.807) is 6.33 Å². The number of methoxy groups -OCH3 is 1. The lowest BCUT2D eigenvalue weighted by atomic mass is 9.95. The van der Waals surface area contributed by atoms with E-state index in [2.05, 4.69) is 48.6 Å². The van der Waals surface area contributed by atoms with Gasteiger partial charge in [-0.2, -0.15) is 0 Å². The van der Waals surface area contributed by atoms with Crippen molar-refractivity contribution in [3.8, 4) is 11.1 Å². The van der Waals surface area contributed by atoms with Crippen molar-refractivity contribution in [3.63, 3.8) is 0 Å². The zero-order valence-corrected chi connectivity index (χ0v) is 21.0. The molecule has 0 spiro atoms. The lowest BCUT2D eigenvalue weighted by Crippen LogP contribution is -2.29. The molecular formula is C27H34N6O2. The summed E-state index contributed by atoms with van der Waals surface area (Å²) in [5.41, 5.74) is 6.92. The Hall–Kier alpha value is -3.39. The van der Waals surface area contributed by atoms with Gasteiger partial charge in [-0.3, -0.25) is 0 Å². The molecule has 1 saturated carbocycles. The standard InChI is InChI=1S/C27H34N6O2/c1-31(2)12-13-32(3)23-15-20(25-26(29-16-28-25)24(23)27(34)35-4)18-10-11-22-21(14-18)30-17-33(22)19-8-6-5-7-9-19/h10-11,14-17,19H,5-9,12-13H2,1-4H3,(H,28,29). The number of likely N-dealkylation sites (N-methyl/N-ethyl adjacent to an activating group) is 2. The number of ether oxygens (including phenoxy) is 1. The maximum atomic E-state index is 12.8. The van der Waals surface area contributed by atoms with Crippen molar-refractivity contribution in [1.82, 2.24) is 24.4 Å². The number of carbonyl (C=O) groups excluding carboxylic acids is 1. The molecule has 2 aromatic carbocycles. The molecule has 184 valence electrons. The molecule has 1 aliphatic carbocycles. The van der Waals surface area contributed by atoms with Gasteiger partial charge >= 0.3 is 5.97 Å². The lowest BCUT2D eigenvalue weighted by molar-refractivity contribution is 0.0603. The third-order valence-corrected chi connectivity index (χ3v) is 7.22. The van der Waals surface area contributed by atoms with Crippen LogP contribution in [0, 0.1) is 0 Å². The van der Waals surface area contributed by atoms with Crippen LogP contribution in [0.15, 0.2) is 36.9 Å². The Bertz CT molecular complexity index is 1350. The highest BCUT2D eigenvalue weighted by Gasteiger charge is 2.24. The van der Waals surface area contributed by atoms with Crippen LogP contribution < -0.4 is 4.90 Å². The van der Waals surface area contributed by atoms with Crippen LogP contribution >= 0.6 is 0 Å². The van der Waals surface area contributed by atoms with E-state index in [1.165, 1.54) is 44.7 Å². The Morgan fingerprint density at radius 1 is 1.11 bits per heavy atom. The molecule has 35 heavy (non-hydrogen) atoms. The second-order valence-corrected chi connectivity index (χ2v) is 9.81. The smallest absolute Gasteiger partial charge is 0.342 e. The number of H-pyrrole nitrogens is 1. The molecule has 1 aliphatic rings. The van der Waals surface area contributed by atoms with Crippen molar-refractivity contribution in [2.75, 3.05) is 46.2 Å². The van der Waals surface area contributed by atoms with Crippen LogP contribution in [0.5, 0.6) is 0 Å². The minimum Gasteiger partial charge on any atom is -0.465 e. The zero-order chi connectivity index (χ0) is 24.5. The van der Waals surface area contributed by atoms with Gasteiger partial charge in [0, 0.05) is 31.7 Å².